The highest BCUT2D eigenvalue weighted by Crippen LogP contribution is 2.39. The van der Waals surface area contributed by atoms with Crippen molar-refractivity contribution in [2.24, 2.45) is 5.73 Å². The normalized spacial score (nSPS) is 10.6. The molecule has 0 radical (unpaired) electrons. The fraction of sp³-hybridized carbons (Fsp3) is 0.100. The van der Waals surface area contributed by atoms with Crippen LogP contribution < -0.4 is 16.8 Å². The maximum Gasteiger partial charge on any atom is 0.253 e. The first-order valence-corrected chi connectivity index (χ1v) is 9.75. The summed E-state index contributed by atoms with van der Waals surface area (Å²) in [7, 11) is 0. The van der Waals surface area contributed by atoms with E-state index in [2.05, 4.69) is 21.2 Å². The molecule has 0 aliphatic rings. The van der Waals surface area contributed by atoms with Gasteiger partial charge in [-0.05, 0) is 49.7 Å². The summed E-state index contributed by atoms with van der Waals surface area (Å²) in [5.41, 5.74) is 15.4. The van der Waals surface area contributed by atoms with Crippen LogP contribution >= 0.6 is 27.3 Å². The van der Waals surface area contributed by atoms with Gasteiger partial charge in [0.1, 0.15) is 9.88 Å². The van der Waals surface area contributed by atoms with E-state index in [1.165, 1.54) is 0 Å². The molecule has 0 saturated heterocycles. The second-order valence-corrected chi connectivity index (χ2v) is 8.13. The van der Waals surface area contributed by atoms with Crippen LogP contribution in [-0.2, 0) is 0 Å². The molecule has 5 nitrogen and oxygen atoms in total. The predicted molar refractivity (Wildman–Crippen MR) is 114 cm³/mol. The number of nitrogens with one attached hydrogen (secondary N) is 1. The Morgan fingerprint density at radius 2 is 1.74 bits per heavy atom. The molecule has 3 aromatic rings. The number of hydrogen-bond donors (Lipinski definition) is 3. The van der Waals surface area contributed by atoms with Crippen molar-refractivity contribution in [3.8, 4) is 0 Å². The Kier molecular flexibility index (Phi) is 5.34. The van der Waals surface area contributed by atoms with Gasteiger partial charge in [0.15, 0.2) is 0 Å². The maximum absolute atomic E-state index is 12.9. The van der Waals surface area contributed by atoms with Crippen LogP contribution in [0.15, 0.2) is 46.9 Å². The van der Waals surface area contributed by atoms with Gasteiger partial charge in [0, 0.05) is 15.7 Å². The molecule has 0 fully saturated rings. The number of rotatable bonds is 5. The number of amides is 1. The van der Waals surface area contributed by atoms with Crippen molar-refractivity contribution in [3.05, 3.63) is 74.1 Å². The molecule has 0 saturated carbocycles. The monoisotopic (exact) mass is 443 g/mol. The van der Waals surface area contributed by atoms with Crippen LogP contribution in [0.1, 0.15) is 36.7 Å². The minimum absolute atomic E-state index is 0.104. The summed E-state index contributed by atoms with van der Waals surface area (Å²) < 4.78 is 0.869. The molecule has 1 heterocycles. The molecule has 1 aromatic heterocycles. The van der Waals surface area contributed by atoms with Crippen molar-refractivity contribution in [2.75, 3.05) is 11.1 Å². The Labute approximate surface area is 169 Å². The number of hydrogen-bond acceptors (Lipinski definition) is 5. The first kappa shape index (κ1) is 19.1. The summed E-state index contributed by atoms with van der Waals surface area (Å²) in [4.78, 5) is 25.1. The number of nitrogen functional groups attached to an aromatic ring is 1. The van der Waals surface area contributed by atoms with E-state index in [9.17, 15) is 9.59 Å². The fourth-order valence-electron chi connectivity index (χ4n) is 2.75. The van der Waals surface area contributed by atoms with Gasteiger partial charge in [-0.3, -0.25) is 9.59 Å². The van der Waals surface area contributed by atoms with Gasteiger partial charge >= 0.3 is 0 Å². The third kappa shape index (κ3) is 3.89. The molecule has 0 aliphatic carbocycles. The Morgan fingerprint density at radius 1 is 1.07 bits per heavy atom. The van der Waals surface area contributed by atoms with Crippen LogP contribution in [0.3, 0.4) is 0 Å². The highest BCUT2D eigenvalue weighted by atomic mass is 79.9. The number of benzene rings is 2. The summed E-state index contributed by atoms with van der Waals surface area (Å²) in [6, 6.07) is 12.9. The average molecular weight is 444 g/mol. The van der Waals surface area contributed by atoms with Gasteiger partial charge in [0.25, 0.3) is 5.91 Å². The Balaban J connectivity index is 2.04. The molecule has 0 atom stereocenters. The van der Waals surface area contributed by atoms with Crippen molar-refractivity contribution < 1.29 is 9.59 Å². The molecule has 3 rings (SSSR count). The van der Waals surface area contributed by atoms with Gasteiger partial charge in [-0.15, -0.1) is 11.3 Å². The zero-order valence-electron chi connectivity index (χ0n) is 14.8. The van der Waals surface area contributed by atoms with Gasteiger partial charge in [0.2, 0.25) is 5.78 Å². The highest BCUT2D eigenvalue weighted by Gasteiger charge is 2.25. The Hall–Kier alpha value is -2.64. The molecule has 5 N–H and O–H groups in total. The quantitative estimate of drug-likeness (QED) is 0.493. The highest BCUT2D eigenvalue weighted by molar-refractivity contribution is 9.10. The van der Waals surface area contributed by atoms with Crippen molar-refractivity contribution in [1.29, 1.82) is 0 Å². The van der Waals surface area contributed by atoms with Gasteiger partial charge in [0.05, 0.1) is 11.3 Å². The van der Waals surface area contributed by atoms with Crippen LogP contribution in [0, 0.1) is 13.8 Å². The molecule has 2 aromatic carbocycles. The lowest BCUT2D eigenvalue weighted by Crippen LogP contribution is -2.14. The van der Waals surface area contributed by atoms with Gasteiger partial charge in [-0.25, -0.2) is 0 Å². The minimum atomic E-state index is -0.675. The average Bonchev–Trinajstić information content (AvgIpc) is 2.93. The molecule has 1 amide bonds. The van der Waals surface area contributed by atoms with Crippen molar-refractivity contribution in [3.63, 3.8) is 0 Å². The number of halogens is 1. The summed E-state index contributed by atoms with van der Waals surface area (Å²) in [5, 5.41) is 3.67. The molecule has 0 bridgehead atoms. The van der Waals surface area contributed by atoms with Gasteiger partial charge < -0.3 is 16.8 Å². The lowest BCUT2D eigenvalue weighted by Gasteiger charge is -2.09. The number of anilines is 3. The molecule has 7 heteroatoms. The molecule has 0 spiro atoms. The molecule has 138 valence electrons. The number of thiophene rings is 1. The second-order valence-electron chi connectivity index (χ2n) is 6.19. The number of primary amides is 1. The molecule has 27 heavy (non-hydrogen) atoms. The fourth-order valence-corrected chi connectivity index (χ4v) is 4.12. The maximum atomic E-state index is 12.9. The van der Waals surface area contributed by atoms with E-state index in [1.807, 2.05) is 32.0 Å². The number of carbonyl (C=O) groups is 2. The minimum Gasteiger partial charge on any atom is -0.397 e. The van der Waals surface area contributed by atoms with E-state index in [0.717, 1.165) is 32.6 Å². The largest absolute Gasteiger partial charge is 0.397 e. The topological polar surface area (TPSA) is 98.2 Å². The van der Waals surface area contributed by atoms with Crippen LogP contribution in [-0.4, -0.2) is 11.7 Å². The van der Waals surface area contributed by atoms with E-state index < -0.39 is 5.91 Å². The van der Waals surface area contributed by atoms with Gasteiger partial charge in [-0.1, -0.05) is 33.6 Å². The molecular formula is C20H18BrN3O2S. The number of carbonyl (C=O) groups excluding carboxylic acids is 2. The number of aryl methyl sites for hydroxylation is 2. The number of ketones is 1. The van der Waals surface area contributed by atoms with Crippen molar-refractivity contribution in [2.45, 2.75) is 13.8 Å². The van der Waals surface area contributed by atoms with E-state index in [1.54, 1.807) is 24.3 Å². The zero-order chi connectivity index (χ0) is 19.7. The first-order valence-electron chi connectivity index (χ1n) is 8.14. The second kappa shape index (κ2) is 7.54. The third-order valence-electron chi connectivity index (χ3n) is 4.13. The standard InChI is InChI=1S/C20H18BrN3O2S/c1-10-3-8-14(11(2)9-10)24-20-15(19(23)26)16(22)18(27-20)17(25)12-4-6-13(21)7-5-12/h3-9,24H,22H2,1-2H3,(H2,23,26). The van der Waals surface area contributed by atoms with Crippen LogP contribution in [0.5, 0.6) is 0 Å². The molecule has 0 unspecified atom stereocenters. The zero-order valence-corrected chi connectivity index (χ0v) is 17.2. The van der Waals surface area contributed by atoms with Crippen molar-refractivity contribution in [1.82, 2.24) is 0 Å². The smallest absolute Gasteiger partial charge is 0.253 e. The van der Waals surface area contributed by atoms with Crippen LogP contribution in [0.4, 0.5) is 16.4 Å². The predicted octanol–water partition coefficient (Wildman–Crippen LogP) is 4.78. The summed E-state index contributed by atoms with van der Waals surface area (Å²) in [6.07, 6.45) is 0. The van der Waals surface area contributed by atoms with Crippen LogP contribution in [0.2, 0.25) is 0 Å². The Morgan fingerprint density at radius 3 is 2.33 bits per heavy atom. The molecular weight excluding hydrogens is 426 g/mol. The summed E-state index contributed by atoms with van der Waals surface area (Å²) in [6.45, 7) is 3.97. The van der Waals surface area contributed by atoms with Crippen LogP contribution in [0.25, 0.3) is 0 Å². The van der Waals surface area contributed by atoms with E-state index in [4.69, 9.17) is 11.5 Å². The first-order chi connectivity index (χ1) is 12.8. The van der Waals surface area contributed by atoms with Gasteiger partial charge in [-0.2, -0.15) is 0 Å². The Bertz CT molecular complexity index is 1040. The number of nitrogens with two attached hydrogens (primary N) is 2. The van der Waals surface area contributed by atoms with E-state index >= 15 is 0 Å². The lowest BCUT2D eigenvalue weighted by molar-refractivity contribution is 0.100. The van der Waals surface area contributed by atoms with E-state index in [-0.39, 0.29) is 17.0 Å². The third-order valence-corrected chi connectivity index (χ3v) is 5.78. The summed E-state index contributed by atoms with van der Waals surface area (Å²) >= 11 is 4.48. The summed E-state index contributed by atoms with van der Waals surface area (Å²) in [5.74, 6) is -0.924. The van der Waals surface area contributed by atoms with E-state index in [0.29, 0.717) is 15.4 Å². The molecule has 0 aliphatic heterocycles. The lowest BCUT2D eigenvalue weighted by atomic mass is 10.1. The van der Waals surface area contributed by atoms with Crippen molar-refractivity contribution >= 4 is 55.3 Å². The SMILES string of the molecule is Cc1ccc(Nc2sc(C(=O)c3ccc(Br)cc3)c(N)c2C(N)=O)c(C)c1.